The number of hydrogen-bond donors (Lipinski definition) is 2. The second-order valence-corrected chi connectivity index (χ2v) is 7.19. The van der Waals surface area contributed by atoms with Crippen LogP contribution in [0.2, 0.25) is 0 Å². The fourth-order valence-electron chi connectivity index (χ4n) is 3.85. The lowest BCUT2D eigenvalue weighted by Gasteiger charge is -2.20. The summed E-state index contributed by atoms with van der Waals surface area (Å²) in [4.78, 5) is 7.22. The van der Waals surface area contributed by atoms with E-state index < -0.39 is 24.8 Å². The van der Waals surface area contributed by atoms with Crippen LogP contribution in [0, 0.1) is 0 Å². The van der Waals surface area contributed by atoms with Gasteiger partial charge < -0.3 is 19.6 Å². The third-order valence-corrected chi connectivity index (χ3v) is 5.02. The Balaban J connectivity index is 1.82. The summed E-state index contributed by atoms with van der Waals surface area (Å²) < 4.78 is 66.6. The highest BCUT2D eigenvalue weighted by molar-refractivity contribution is 6.04. The smallest absolute Gasteiger partial charge is 0.388 e. The molecule has 168 valence electrons. The summed E-state index contributed by atoms with van der Waals surface area (Å²) in [5.74, 6) is -0.344. The minimum Gasteiger partial charge on any atom is -0.475 e. The number of halogens is 4. The van der Waals surface area contributed by atoms with Crippen LogP contribution < -0.4 is 9.47 Å². The Kier molecular flexibility index (Phi) is 4.77. The molecule has 0 unspecified atom stereocenters. The average molecular weight is 452 g/mol. The molecule has 0 saturated carbocycles. The van der Waals surface area contributed by atoms with Gasteiger partial charge in [-0.3, -0.25) is 4.68 Å². The molecule has 0 bridgehead atoms. The number of nitrogens with zero attached hydrogens (tertiary/aromatic N) is 5. The molecule has 1 aliphatic rings. The van der Waals surface area contributed by atoms with Crippen molar-refractivity contribution >= 4 is 11.0 Å². The number of aliphatic hydroxyl groups excluding tert-OH is 1. The van der Waals surface area contributed by atoms with Gasteiger partial charge >= 0.3 is 6.61 Å². The van der Waals surface area contributed by atoms with Crippen LogP contribution in [0.4, 0.5) is 17.6 Å². The molecule has 4 aromatic rings. The summed E-state index contributed by atoms with van der Waals surface area (Å²) in [6.07, 6.45) is -0.935. The predicted molar refractivity (Wildman–Crippen MR) is 103 cm³/mol. The Morgan fingerprint density at radius 3 is 2.81 bits per heavy atom. The van der Waals surface area contributed by atoms with E-state index in [2.05, 4.69) is 24.9 Å². The Morgan fingerprint density at radius 2 is 2.06 bits per heavy atom. The van der Waals surface area contributed by atoms with E-state index >= 15 is 0 Å². The molecule has 0 aromatic carbocycles. The Bertz CT molecular complexity index is 1300. The lowest BCUT2D eigenvalue weighted by atomic mass is 10.0. The normalized spacial score (nSPS) is 16.1. The van der Waals surface area contributed by atoms with Crippen LogP contribution >= 0.6 is 0 Å². The second-order valence-electron chi connectivity index (χ2n) is 7.19. The van der Waals surface area contributed by atoms with Gasteiger partial charge in [0.2, 0.25) is 11.8 Å². The van der Waals surface area contributed by atoms with E-state index in [-0.39, 0.29) is 47.3 Å². The summed E-state index contributed by atoms with van der Waals surface area (Å²) in [6.45, 7) is -3.28. The minimum atomic E-state index is -3.14. The summed E-state index contributed by atoms with van der Waals surface area (Å²) in [5, 5.41) is 18.2. The third-order valence-electron chi connectivity index (χ3n) is 5.02. The number of aryl methyl sites for hydroxylation is 1. The van der Waals surface area contributed by atoms with Crippen LogP contribution in [-0.2, 0) is 13.6 Å². The predicted octanol–water partition coefficient (Wildman–Crippen LogP) is 3.12. The maximum atomic E-state index is 14.0. The van der Waals surface area contributed by atoms with Gasteiger partial charge in [-0.05, 0) is 12.1 Å². The van der Waals surface area contributed by atoms with Crippen molar-refractivity contribution in [1.82, 2.24) is 29.5 Å². The second kappa shape index (κ2) is 7.51. The van der Waals surface area contributed by atoms with Crippen molar-refractivity contribution in [2.75, 3.05) is 6.61 Å². The maximum absolute atomic E-state index is 14.0. The monoisotopic (exact) mass is 452 g/mol. The van der Waals surface area contributed by atoms with Crippen LogP contribution in [0.1, 0.15) is 12.1 Å². The van der Waals surface area contributed by atoms with Gasteiger partial charge in [0.1, 0.15) is 24.1 Å². The van der Waals surface area contributed by atoms with E-state index in [1.54, 1.807) is 12.1 Å². The number of hydrogen-bond acceptors (Lipinski definition) is 6. The first-order chi connectivity index (χ1) is 15.3. The molecule has 0 radical (unpaired) electrons. The van der Waals surface area contributed by atoms with E-state index in [1.165, 1.54) is 24.1 Å². The highest BCUT2D eigenvalue weighted by Gasteiger charge is 2.34. The molecule has 0 fully saturated rings. The van der Waals surface area contributed by atoms with Crippen molar-refractivity contribution < 1.29 is 32.1 Å². The SMILES string of the molecule is Cn1cc(-c2c(-c3c(C(F)F)nn4c3OC[C@@H](O)C4)[nH]c3ncccc23)c(OC(F)F)n1. The fraction of sp³-hybridized carbons (Fsp3) is 0.316. The molecule has 0 aliphatic carbocycles. The van der Waals surface area contributed by atoms with E-state index in [4.69, 9.17) is 4.74 Å². The zero-order chi connectivity index (χ0) is 22.6. The van der Waals surface area contributed by atoms with Crippen molar-refractivity contribution in [2.45, 2.75) is 25.7 Å². The third kappa shape index (κ3) is 3.25. The summed E-state index contributed by atoms with van der Waals surface area (Å²) >= 11 is 0. The van der Waals surface area contributed by atoms with Gasteiger partial charge in [0.25, 0.3) is 6.43 Å². The molecule has 0 spiro atoms. The van der Waals surface area contributed by atoms with Crippen molar-refractivity contribution in [3.63, 3.8) is 0 Å². The highest BCUT2D eigenvalue weighted by Crippen LogP contribution is 2.47. The number of nitrogens with one attached hydrogen (secondary N) is 1. The van der Waals surface area contributed by atoms with Crippen molar-refractivity contribution in [2.24, 2.45) is 7.05 Å². The molecule has 1 aliphatic heterocycles. The van der Waals surface area contributed by atoms with Crippen molar-refractivity contribution in [3.05, 3.63) is 30.2 Å². The zero-order valence-corrected chi connectivity index (χ0v) is 16.5. The van der Waals surface area contributed by atoms with Gasteiger partial charge in [-0.15, -0.1) is 5.10 Å². The quantitative estimate of drug-likeness (QED) is 0.451. The molecule has 2 N–H and O–H groups in total. The highest BCUT2D eigenvalue weighted by atomic mass is 19.3. The summed E-state index contributed by atoms with van der Waals surface area (Å²) in [6, 6.07) is 3.29. The molecule has 0 saturated heterocycles. The number of ether oxygens (including phenoxy) is 2. The number of rotatable bonds is 5. The van der Waals surface area contributed by atoms with Crippen LogP contribution in [0.5, 0.6) is 11.8 Å². The standard InChI is InChI=1S/C19H16F4N6O3/c1-28-6-10(17(27-28)32-19(22)23)11-9-3-2-4-24-16(9)25-13(11)12-14(15(20)21)26-29-5-8(30)7-31-18(12)29/h2-4,6,8,15,19,30H,5,7H2,1H3,(H,24,25)/t8-/m0/s1. The van der Waals surface area contributed by atoms with Gasteiger partial charge in [0.05, 0.1) is 23.4 Å². The van der Waals surface area contributed by atoms with Crippen LogP contribution in [0.3, 0.4) is 0 Å². The average Bonchev–Trinajstić information content (AvgIpc) is 3.39. The van der Waals surface area contributed by atoms with Crippen molar-refractivity contribution in [3.8, 4) is 34.1 Å². The van der Waals surface area contributed by atoms with Gasteiger partial charge in [0, 0.05) is 30.4 Å². The Morgan fingerprint density at radius 1 is 1.25 bits per heavy atom. The van der Waals surface area contributed by atoms with E-state index in [9.17, 15) is 22.7 Å². The topological polar surface area (TPSA) is 103 Å². The number of aliphatic hydroxyl groups is 1. The molecule has 0 amide bonds. The zero-order valence-electron chi connectivity index (χ0n) is 16.5. The lowest BCUT2D eigenvalue weighted by molar-refractivity contribution is -0.0527. The van der Waals surface area contributed by atoms with Crippen molar-refractivity contribution in [1.29, 1.82) is 0 Å². The van der Waals surface area contributed by atoms with Gasteiger partial charge in [-0.2, -0.15) is 13.9 Å². The number of H-pyrrole nitrogens is 1. The number of fused-ring (bicyclic) bond motifs is 2. The minimum absolute atomic E-state index is 0.0265. The molecular formula is C19H16F4N6O3. The fourth-order valence-corrected chi connectivity index (χ4v) is 3.85. The molecule has 5 heterocycles. The van der Waals surface area contributed by atoms with Gasteiger partial charge in [0.15, 0.2) is 0 Å². The first-order valence-corrected chi connectivity index (χ1v) is 9.49. The summed E-state index contributed by atoms with van der Waals surface area (Å²) in [5.41, 5.74) is 0.273. The van der Waals surface area contributed by atoms with Crippen LogP contribution in [-0.4, -0.2) is 54.0 Å². The molecule has 4 aromatic heterocycles. The van der Waals surface area contributed by atoms with E-state index in [0.717, 1.165) is 4.68 Å². The van der Waals surface area contributed by atoms with Crippen LogP contribution in [0.25, 0.3) is 33.4 Å². The van der Waals surface area contributed by atoms with E-state index in [0.29, 0.717) is 11.0 Å². The largest absolute Gasteiger partial charge is 0.475 e. The maximum Gasteiger partial charge on any atom is 0.388 e. The first-order valence-electron chi connectivity index (χ1n) is 9.49. The summed E-state index contributed by atoms with van der Waals surface area (Å²) in [7, 11) is 1.52. The van der Waals surface area contributed by atoms with Gasteiger partial charge in [-0.25, -0.2) is 18.4 Å². The molecule has 32 heavy (non-hydrogen) atoms. The van der Waals surface area contributed by atoms with Gasteiger partial charge in [-0.1, -0.05) is 0 Å². The number of alkyl halides is 4. The first kappa shape index (κ1) is 20.3. The van der Waals surface area contributed by atoms with Crippen LogP contribution in [0.15, 0.2) is 24.5 Å². The molecular weight excluding hydrogens is 436 g/mol. The number of pyridine rings is 1. The number of aromatic nitrogens is 6. The molecule has 5 rings (SSSR count). The molecule has 9 nitrogen and oxygen atoms in total. The lowest BCUT2D eigenvalue weighted by Crippen LogP contribution is -2.30. The van der Waals surface area contributed by atoms with E-state index in [1.807, 2.05) is 0 Å². The Labute approximate surface area is 177 Å². The molecule has 13 heteroatoms. The molecule has 1 atom stereocenters. The number of aromatic amines is 1. The Hall–Kier alpha value is -3.61.